The van der Waals surface area contributed by atoms with Crippen LogP contribution in [0.4, 0.5) is 14.6 Å². The van der Waals surface area contributed by atoms with E-state index in [0.717, 1.165) is 11.4 Å². The molecule has 8 heteroatoms. The molecule has 0 radical (unpaired) electrons. The number of hydrogen-bond donors (Lipinski definition) is 2. The van der Waals surface area contributed by atoms with Crippen LogP contribution in [0.15, 0.2) is 12.1 Å². The molecular formula is C17H23F2N5O. The number of anilines is 1. The molecule has 0 aromatic carbocycles. The minimum absolute atomic E-state index is 0.0651. The summed E-state index contributed by atoms with van der Waals surface area (Å²) in [4.78, 5) is 8.84. The van der Waals surface area contributed by atoms with Gasteiger partial charge in [-0.05, 0) is 39.7 Å². The molecule has 6 nitrogen and oxygen atoms in total. The van der Waals surface area contributed by atoms with Crippen molar-refractivity contribution in [2.45, 2.75) is 64.5 Å². The predicted molar refractivity (Wildman–Crippen MR) is 90.1 cm³/mol. The molecule has 0 aliphatic heterocycles. The number of rotatable bonds is 4. The Morgan fingerprint density at radius 2 is 1.92 bits per heavy atom. The van der Waals surface area contributed by atoms with E-state index >= 15 is 0 Å². The molecule has 1 fully saturated rings. The molecule has 2 N–H and O–H groups in total. The molecule has 3 rings (SSSR count). The van der Waals surface area contributed by atoms with Gasteiger partial charge < -0.3 is 10.4 Å². The van der Waals surface area contributed by atoms with E-state index in [4.69, 9.17) is 0 Å². The van der Waals surface area contributed by atoms with E-state index in [1.807, 2.05) is 19.9 Å². The van der Waals surface area contributed by atoms with Gasteiger partial charge in [0.05, 0.1) is 17.5 Å². The average molecular weight is 351 g/mol. The van der Waals surface area contributed by atoms with Crippen LogP contribution in [0, 0.1) is 13.8 Å². The van der Waals surface area contributed by atoms with Gasteiger partial charge in [-0.3, -0.25) is 0 Å². The summed E-state index contributed by atoms with van der Waals surface area (Å²) in [5.41, 5.74) is 2.18. The van der Waals surface area contributed by atoms with Crippen molar-refractivity contribution < 1.29 is 13.9 Å². The van der Waals surface area contributed by atoms with Gasteiger partial charge in [-0.1, -0.05) is 0 Å². The van der Waals surface area contributed by atoms with Crippen LogP contribution >= 0.6 is 0 Å². The van der Waals surface area contributed by atoms with Crippen molar-refractivity contribution in [2.75, 3.05) is 5.32 Å². The number of hydrogen-bond acceptors (Lipinski definition) is 5. The van der Waals surface area contributed by atoms with Crippen LogP contribution in [0.3, 0.4) is 0 Å². The number of nitrogens with zero attached hydrogens (tertiary/aromatic N) is 4. The van der Waals surface area contributed by atoms with E-state index in [1.54, 1.807) is 17.7 Å². The van der Waals surface area contributed by atoms with E-state index in [-0.39, 0.29) is 18.9 Å². The first-order valence-electron chi connectivity index (χ1n) is 8.48. The Balaban J connectivity index is 1.87. The Kier molecular flexibility index (Phi) is 4.73. The summed E-state index contributed by atoms with van der Waals surface area (Å²) < 4.78 is 28.3. The summed E-state index contributed by atoms with van der Waals surface area (Å²) in [6.07, 6.45) is -0.242. The van der Waals surface area contributed by atoms with Gasteiger partial charge in [0.25, 0.3) is 5.95 Å². The molecule has 2 heterocycles. The van der Waals surface area contributed by atoms with Crippen molar-refractivity contribution >= 4 is 5.82 Å². The highest BCUT2D eigenvalue weighted by Crippen LogP contribution is 2.34. The summed E-state index contributed by atoms with van der Waals surface area (Å²) in [7, 11) is 0. The number of aryl methyl sites for hydroxylation is 2. The molecule has 0 unspecified atom stereocenters. The van der Waals surface area contributed by atoms with Gasteiger partial charge in [0.2, 0.25) is 5.92 Å². The Morgan fingerprint density at radius 1 is 1.24 bits per heavy atom. The first kappa shape index (κ1) is 17.7. The fraction of sp³-hybridized carbons (Fsp3) is 0.588. The topological polar surface area (TPSA) is 75.9 Å². The van der Waals surface area contributed by atoms with E-state index in [2.05, 4.69) is 20.4 Å². The molecule has 0 amide bonds. The number of halogens is 2. The number of aliphatic hydroxyl groups excluding tert-OH is 1. The van der Waals surface area contributed by atoms with Crippen molar-refractivity contribution in [3.05, 3.63) is 29.2 Å². The zero-order valence-electron chi connectivity index (χ0n) is 14.6. The van der Waals surface area contributed by atoms with E-state index in [1.165, 1.54) is 0 Å². The summed E-state index contributed by atoms with van der Waals surface area (Å²) in [6.45, 7) is 5.40. The van der Waals surface area contributed by atoms with E-state index in [9.17, 15) is 13.9 Å². The molecule has 1 aliphatic carbocycles. The minimum atomic E-state index is -2.57. The van der Waals surface area contributed by atoms with Crippen molar-refractivity contribution in [3.8, 4) is 5.95 Å². The fourth-order valence-electron chi connectivity index (χ4n) is 3.06. The smallest absolute Gasteiger partial charge is 0.253 e. The molecular weight excluding hydrogens is 328 g/mol. The molecule has 25 heavy (non-hydrogen) atoms. The number of aromatic nitrogens is 4. The highest BCUT2D eigenvalue weighted by Gasteiger charge is 2.35. The van der Waals surface area contributed by atoms with Crippen molar-refractivity contribution in [2.24, 2.45) is 0 Å². The van der Waals surface area contributed by atoms with Gasteiger partial charge in [-0.15, -0.1) is 0 Å². The Labute approximate surface area is 145 Å². The van der Waals surface area contributed by atoms with Crippen LogP contribution in [0.2, 0.25) is 0 Å². The lowest BCUT2D eigenvalue weighted by Gasteiger charge is -2.29. The first-order valence-corrected chi connectivity index (χ1v) is 8.48. The maximum atomic E-state index is 13.3. The highest BCUT2D eigenvalue weighted by molar-refractivity contribution is 5.41. The van der Waals surface area contributed by atoms with Gasteiger partial charge >= 0.3 is 0 Å². The van der Waals surface area contributed by atoms with Crippen LogP contribution in [0.1, 0.15) is 55.8 Å². The monoisotopic (exact) mass is 351 g/mol. The van der Waals surface area contributed by atoms with Gasteiger partial charge in [-0.2, -0.15) is 10.1 Å². The molecule has 136 valence electrons. The third-order valence-corrected chi connectivity index (χ3v) is 4.43. The van der Waals surface area contributed by atoms with Crippen LogP contribution in [-0.2, 0) is 0 Å². The molecule has 2 aromatic rings. The molecule has 1 aliphatic rings. The van der Waals surface area contributed by atoms with Crippen molar-refractivity contribution in [3.63, 3.8) is 0 Å². The van der Waals surface area contributed by atoms with Crippen LogP contribution in [-0.4, -0.2) is 36.8 Å². The Hall–Kier alpha value is -2.09. The quantitative estimate of drug-likeness (QED) is 0.884. The van der Waals surface area contributed by atoms with Crippen molar-refractivity contribution in [1.82, 2.24) is 19.7 Å². The molecule has 0 saturated heterocycles. The Bertz CT molecular complexity index is 749. The van der Waals surface area contributed by atoms with Crippen molar-refractivity contribution in [1.29, 1.82) is 0 Å². The Morgan fingerprint density at radius 3 is 2.48 bits per heavy atom. The van der Waals surface area contributed by atoms with Gasteiger partial charge in [0.1, 0.15) is 5.82 Å². The second kappa shape index (κ2) is 6.67. The predicted octanol–water partition coefficient (Wildman–Crippen LogP) is 3.32. The fourth-order valence-corrected chi connectivity index (χ4v) is 3.06. The van der Waals surface area contributed by atoms with Gasteiger partial charge in [-0.25, -0.2) is 18.4 Å². The largest absolute Gasteiger partial charge is 0.387 e. The molecule has 0 bridgehead atoms. The second-order valence-corrected chi connectivity index (χ2v) is 6.77. The summed E-state index contributed by atoms with van der Waals surface area (Å²) >= 11 is 0. The molecule has 1 atom stereocenters. The van der Waals surface area contributed by atoms with Crippen LogP contribution in [0.5, 0.6) is 0 Å². The van der Waals surface area contributed by atoms with Gasteiger partial charge in [0, 0.05) is 30.6 Å². The number of aliphatic hydroxyl groups is 1. The summed E-state index contributed by atoms with van der Waals surface area (Å²) in [5.74, 6) is -1.69. The zero-order valence-corrected chi connectivity index (χ0v) is 14.6. The standard InChI is InChI=1S/C17H23F2N5O/c1-10-8-11(2)24(23-10)16-21-14(12(3)25)9-15(22-16)20-13-4-6-17(18,19)7-5-13/h8-9,12-13,25H,4-7H2,1-3H3,(H,20,21,22)/t12-/m0/s1. The minimum Gasteiger partial charge on any atom is -0.387 e. The van der Waals surface area contributed by atoms with Crippen LogP contribution < -0.4 is 5.32 Å². The highest BCUT2D eigenvalue weighted by atomic mass is 19.3. The SMILES string of the molecule is Cc1cc(C)n(-c2nc(NC3CCC(F)(F)CC3)cc([C@H](C)O)n2)n1. The van der Waals surface area contributed by atoms with E-state index in [0.29, 0.717) is 30.3 Å². The zero-order chi connectivity index (χ0) is 18.2. The maximum Gasteiger partial charge on any atom is 0.253 e. The lowest BCUT2D eigenvalue weighted by molar-refractivity contribution is -0.0361. The summed E-state index contributed by atoms with van der Waals surface area (Å²) in [5, 5.41) is 17.5. The normalized spacial score (nSPS) is 19.0. The lowest BCUT2D eigenvalue weighted by atomic mass is 9.92. The van der Waals surface area contributed by atoms with Crippen LogP contribution in [0.25, 0.3) is 5.95 Å². The molecule has 2 aromatic heterocycles. The average Bonchev–Trinajstić information content (AvgIpc) is 2.88. The third-order valence-electron chi connectivity index (χ3n) is 4.43. The molecule has 1 saturated carbocycles. The third kappa shape index (κ3) is 4.12. The van der Waals surface area contributed by atoms with E-state index < -0.39 is 12.0 Å². The lowest BCUT2D eigenvalue weighted by Crippen LogP contribution is -2.32. The van der Waals surface area contributed by atoms with Gasteiger partial charge in [0.15, 0.2) is 0 Å². The molecule has 0 spiro atoms. The second-order valence-electron chi connectivity index (χ2n) is 6.77. The summed E-state index contributed by atoms with van der Waals surface area (Å²) in [6, 6.07) is 3.51. The maximum absolute atomic E-state index is 13.3. The number of alkyl halides is 2. The first-order chi connectivity index (χ1) is 11.7. The number of nitrogens with one attached hydrogen (secondary N) is 1.